The normalized spacial score (nSPS) is 12.6. The van der Waals surface area contributed by atoms with Crippen molar-refractivity contribution in [2.24, 2.45) is 0 Å². The lowest BCUT2D eigenvalue weighted by Gasteiger charge is -2.17. The Balaban J connectivity index is 2.16. The molecule has 0 radical (unpaired) electrons. The Kier molecular flexibility index (Phi) is 6.02. The summed E-state index contributed by atoms with van der Waals surface area (Å²) in [5.74, 6) is 0. The second kappa shape index (κ2) is 7.56. The molecule has 0 bridgehead atoms. The van der Waals surface area contributed by atoms with E-state index in [1.807, 2.05) is 14.0 Å². The number of aryl methyl sites for hydroxylation is 2. The summed E-state index contributed by atoms with van der Waals surface area (Å²) in [5, 5.41) is 8.00. The molecule has 2 aromatic rings. The molecule has 21 heavy (non-hydrogen) atoms. The first-order valence-electron chi connectivity index (χ1n) is 7.18. The van der Waals surface area contributed by atoms with Gasteiger partial charge in [-0.15, -0.1) is 0 Å². The molecule has 0 fully saturated rings. The van der Waals surface area contributed by atoms with Crippen molar-refractivity contribution in [1.82, 2.24) is 15.1 Å². The fourth-order valence-electron chi connectivity index (χ4n) is 2.52. The van der Waals surface area contributed by atoms with Gasteiger partial charge in [-0.1, -0.05) is 28.1 Å². The minimum atomic E-state index is 0.386. The van der Waals surface area contributed by atoms with Crippen LogP contribution in [0.5, 0.6) is 0 Å². The first-order chi connectivity index (χ1) is 10.0. The molecule has 1 aromatic heterocycles. The molecule has 3 nitrogen and oxygen atoms in total. The van der Waals surface area contributed by atoms with Gasteiger partial charge in [0.25, 0.3) is 0 Å². The molecule has 0 saturated heterocycles. The molecule has 0 aliphatic rings. The van der Waals surface area contributed by atoms with Crippen LogP contribution >= 0.6 is 31.9 Å². The Labute approximate surface area is 143 Å². The molecule has 2 rings (SSSR count). The number of rotatable bonds is 6. The second-order valence-electron chi connectivity index (χ2n) is 5.19. The summed E-state index contributed by atoms with van der Waals surface area (Å²) in [6.45, 7) is 5.07. The zero-order valence-electron chi connectivity index (χ0n) is 12.7. The predicted molar refractivity (Wildman–Crippen MR) is 94.7 cm³/mol. The van der Waals surface area contributed by atoms with Gasteiger partial charge in [0.1, 0.15) is 0 Å². The van der Waals surface area contributed by atoms with E-state index in [0.29, 0.717) is 6.04 Å². The van der Waals surface area contributed by atoms with Crippen molar-refractivity contribution < 1.29 is 0 Å². The summed E-state index contributed by atoms with van der Waals surface area (Å²) >= 11 is 7.21. The van der Waals surface area contributed by atoms with Gasteiger partial charge in [0.15, 0.2) is 0 Å². The largest absolute Gasteiger partial charge is 0.316 e. The second-order valence-corrected chi connectivity index (χ2v) is 6.89. The highest BCUT2D eigenvalue weighted by Gasteiger charge is 2.17. The Hall–Kier alpha value is -0.650. The Morgan fingerprint density at radius 2 is 2.05 bits per heavy atom. The quantitative estimate of drug-likeness (QED) is 0.770. The highest BCUT2D eigenvalue weighted by Crippen LogP contribution is 2.23. The summed E-state index contributed by atoms with van der Waals surface area (Å²) in [6.07, 6.45) is 1.95. The van der Waals surface area contributed by atoms with Crippen molar-refractivity contribution in [2.75, 3.05) is 7.05 Å². The number of benzene rings is 1. The summed E-state index contributed by atoms with van der Waals surface area (Å²) in [5.41, 5.74) is 3.66. The molecule has 0 saturated carbocycles. The van der Waals surface area contributed by atoms with Crippen molar-refractivity contribution in [3.05, 3.63) is 50.2 Å². The van der Waals surface area contributed by atoms with Gasteiger partial charge in [-0.2, -0.15) is 5.10 Å². The van der Waals surface area contributed by atoms with Crippen LogP contribution in [0.25, 0.3) is 0 Å². The van der Waals surface area contributed by atoms with Crippen LogP contribution in [-0.2, 0) is 19.4 Å². The lowest BCUT2D eigenvalue weighted by molar-refractivity contribution is 0.519. The highest BCUT2D eigenvalue weighted by molar-refractivity contribution is 9.10. The molecule has 114 valence electrons. The number of nitrogens with one attached hydrogen (secondary N) is 1. The van der Waals surface area contributed by atoms with Gasteiger partial charge in [-0.25, -0.2) is 0 Å². The van der Waals surface area contributed by atoms with Crippen LogP contribution in [-0.4, -0.2) is 22.9 Å². The molecule has 0 spiro atoms. The molecular weight excluding hydrogens is 394 g/mol. The number of hydrogen-bond acceptors (Lipinski definition) is 2. The van der Waals surface area contributed by atoms with Crippen LogP contribution < -0.4 is 5.32 Å². The average Bonchev–Trinajstić information content (AvgIpc) is 2.74. The van der Waals surface area contributed by atoms with E-state index in [-0.39, 0.29) is 0 Å². The summed E-state index contributed by atoms with van der Waals surface area (Å²) in [7, 11) is 2.02. The van der Waals surface area contributed by atoms with Gasteiger partial charge >= 0.3 is 0 Å². The van der Waals surface area contributed by atoms with Crippen LogP contribution in [0.15, 0.2) is 33.2 Å². The topological polar surface area (TPSA) is 29.9 Å². The molecule has 1 aromatic carbocycles. The van der Waals surface area contributed by atoms with E-state index in [9.17, 15) is 0 Å². The molecule has 5 heteroatoms. The lowest BCUT2D eigenvalue weighted by atomic mass is 10.0. The van der Waals surface area contributed by atoms with Gasteiger partial charge in [0, 0.05) is 23.5 Å². The van der Waals surface area contributed by atoms with Gasteiger partial charge in [0.2, 0.25) is 0 Å². The van der Waals surface area contributed by atoms with Gasteiger partial charge in [0.05, 0.1) is 15.9 Å². The number of nitrogens with zero attached hydrogens (tertiary/aromatic N) is 2. The van der Waals surface area contributed by atoms with E-state index >= 15 is 0 Å². The first kappa shape index (κ1) is 16.7. The molecule has 0 aliphatic heterocycles. The van der Waals surface area contributed by atoms with E-state index in [4.69, 9.17) is 0 Å². The molecule has 1 atom stereocenters. The van der Waals surface area contributed by atoms with Crippen LogP contribution in [0.3, 0.4) is 0 Å². The third-order valence-electron chi connectivity index (χ3n) is 3.67. The first-order valence-corrected chi connectivity index (χ1v) is 8.77. The van der Waals surface area contributed by atoms with Crippen molar-refractivity contribution in [2.45, 2.75) is 39.3 Å². The van der Waals surface area contributed by atoms with Crippen LogP contribution in [0.1, 0.15) is 23.9 Å². The third-order valence-corrected chi connectivity index (χ3v) is 5.20. The summed E-state index contributed by atoms with van der Waals surface area (Å²) in [4.78, 5) is 0. The smallest absolute Gasteiger partial charge is 0.0738 e. The Bertz CT molecular complexity index is 608. The van der Waals surface area contributed by atoms with E-state index in [2.05, 4.69) is 78.1 Å². The van der Waals surface area contributed by atoms with E-state index in [1.54, 1.807) is 0 Å². The van der Waals surface area contributed by atoms with E-state index in [1.165, 1.54) is 11.3 Å². The predicted octanol–water partition coefficient (Wildman–Crippen LogP) is 4.11. The zero-order valence-corrected chi connectivity index (χ0v) is 15.8. The molecule has 0 aliphatic carbocycles. The number of likely N-dealkylation sites (N-methyl/N-ethyl adjacent to an activating group) is 1. The number of hydrogen-bond donors (Lipinski definition) is 1. The maximum atomic E-state index is 4.57. The maximum Gasteiger partial charge on any atom is 0.0738 e. The third kappa shape index (κ3) is 4.18. The van der Waals surface area contributed by atoms with Gasteiger partial charge < -0.3 is 5.32 Å². The molecular formula is C16H21Br2N3. The average molecular weight is 415 g/mol. The Morgan fingerprint density at radius 1 is 1.29 bits per heavy atom. The monoisotopic (exact) mass is 413 g/mol. The van der Waals surface area contributed by atoms with E-state index < -0.39 is 0 Å². The zero-order chi connectivity index (χ0) is 15.4. The fraction of sp³-hybridized carbons (Fsp3) is 0.438. The molecule has 1 heterocycles. The molecule has 0 amide bonds. The molecule has 1 unspecified atom stereocenters. The van der Waals surface area contributed by atoms with Crippen molar-refractivity contribution in [3.8, 4) is 0 Å². The maximum absolute atomic E-state index is 4.57. The lowest BCUT2D eigenvalue weighted by Crippen LogP contribution is -2.31. The fourth-order valence-corrected chi connectivity index (χ4v) is 3.41. The number of aromatic nitrogens is 2. The summed E-state index contributed by atoms with van der Waals surface area (Å²) in [6, 6.07) is 8.89. The van der Waals surface area contributed by atoms with Crippen LogP contribution in [0.2, 0.25) is 0 Å². The minimum absolute atomic E-state index is 0.386. The van der Waals surface area contributed by atoms with Crippen molar-refractivity contribution >= 4 is 31.9 Å². The number of halogens is 2. The highest BCUT2D eigenvalue weighted by atomic mass is 79.9. The van der Waals surface area contributed by atoms with Crippen LogP contribution in [0, 0.1) is 6.92 Å². The molecule has 1 N–H and O–H groups in total. The standard InChI is InChI=1S/C16H21Br2N3/c1-4-21-15(16(18)11(2)20-21)10-14(19-3)9-12-6-5-7-13(17)8-12/h5-8,14,19H,4,9-10H2,1-3H3. The van der Waals surface area contributed by atoms with Crippen LogP contribution in [0.4, 0.5) is 0 Å². The van der Waals surface area contributed by atoms with Gasteiger partial charge in [-0.3, -0.25) is 4.68 Å². The van der Waals surface area contributed by atoms with Crippen molar-refractivity contribution in [3.63, 3.8) is 0 Å². The summed E-state index contributed by atoms with van der Waals surface area (Å²) < 4.78 is 4.36. The Morgan fingerprint density at radius 3 is 2.67 bits per heavy atom. The van der Waals surface area contributed by atoms with Gasteiger partial charge in [-0.05, 0) is 60.9 Å². The minimum Gasteiger partial charge on any atom is -0.316 e. The van der Waals surface area contributed by atoms with Crippen molar-refractivity contribution in [1.29, 1.82) is 0 Å². The SMILES string of the molecule is CCn1nc(C)c(Br)c1CC(Cc1cccc(Br)c1)NC. The van der Waals surface area contributed by atoms with E-state index in [0.717, 1.165) is 34.0 Å².